The number of aromatic nitrogens is 1. The van der Waals surface area contributed by atoms with Crippen LogP contribution in [0.25, 0.3) is 10.9 Å². The molecule has 1 atom stereocenters. The minimum absolute atomic E-state index is 0.136. The molecule has 1 aliphatic rings. The fraction of sp³-hybridized carbons (Fsp3) is 0.214. The van der Waals surface area contributed by atoms with Gasteiger partial charge in [0.15, 0.2) is 0 Å². The van der Waals surface area contributed by atoms with Crippen LogP contribution >= 0.6 is 11.8 Å². The zero-order chi connectivity index (χ0) is 25.2. The number of anilines is 1. The summed E-state index contributed by atoms with van der Waals surface area (Å²) in [6, 6.07) is 21.9. The molecule has 0 spiro atoms. The van der Waals surface area contributed by atoms with Gasteiger partial charge in [-0.25, -0.2) is 0 Å². The van der Waals surface area contributed by atoms with Crippen LogP contribution in [0.2, 0.25) is 0 Å². The molecule has 184 valence electrons. The molecule has 1 aliphatic heterocycles. The predicted octanol–water partition coefficient (Wildman–Crippen LogP) is 4.69. The van der Waals surface area contributed by atoms with Crippen molar-refractivity contribution >= 4 is 40.2 Å². The number of carbonyl (C=O) groups is 2. The molecule has 4 aromatic rings. The zero-order valence-corrected chi connectivity index (χ0v) is 21.2. The second kappa shape index (κ2) is 9.99. The van der Waals surface area contributed by atoms with Crippen LogP contribution in [0.5, 0.6) is 11.5 Å². The van der Waals surface area contributed by atoms with Gasteiger partial charge in [-0.2, -0.15) is 0 Å². The van der Waals surface area contributed by atoms with Crippen LogP contribution in [-0.2, 0) is 23.2 Å². The Hall–Kier alpha value is -3.91. The Bertz CT molecular complexity index is 1430. The first-order valence-electron chi connectivity index (χ1n) is 11.6. The Morgan fingerprint density at radius 1 is 1.00 bits per heavy atom. The van der Waals surface area contributed by atoms with Gasteiger partial charge in [0.1, 0.15) is 17.5 Å². The molecule has 5 rings (SSSR count). The summed E-state index contributed by atoms with van der Waals surface area (Å²) in [4.78, 5) is 29.2. The number of hydrogen-bond donors (Lipinski definition) is 1. The molecule has 1 unspecified atom stereocenters. The molecule has 0 bridgehead atoms. The van der Waals surface area contributed by atoms with E-state index < -0.39 is 6.04 Å². The van der Waals surface area contributed by atoms with Crippen molar-refractivity contribution in [1.29, 1.82) is 0 Å². The van der Waals surface area contributed by atoms with Crippen LogP contribution < -0.4 is 19.7 Å². The van der Waals surface area contributed by atoms with Crippen molar-refractivity contribution in [3.8, 4) is 11.5 Å². The van der Waals surface area contributed by atoms with Gasteiger partial charge < -0.3 is 19.4 Å². The summed E-state index contributed by atoms with van der Waals surface area (Å²) in [6.07, 6.45) is 0. The van der Waals surface area contributed by atoms with E-state index in [0.29, 0.717) is 17.2 Å². The lowest BCUT2D eigenvalue weighted by molar-refractivity contribution is -0.125. The van der Waals surface area contributed by atoms with Crippen LogP contribution in [-0.4, -0.2) is 36.4 Å². The first kappa shape index (κ1) is 23.8. The van der Waals surface area contributed by atoms with Gasteiger partial charge in [-0.15, -0.1) is 0 Å². The van der Waals surface area contributed by atoms with Crippen LogP contribution in [0.3, 0.4) is 0 Å². The molecule has 0 fully saturated rings. The second-order valence-electron chi connectivity index (χ2n) is 8.48. The maximum Gasteiger partial charge on any atom is 0.248 e. The lowest BCUT2D eigenvalue weighted by Crippen LogP contribution is -2.43. The summed E-state index contributed by atoms with van der Waals surface area (Å²) in [5.74, 6) is 1.20. The maximum atomic E-state index is 14.0. The number of benzene rings is 3. The van der Waals surface area contributed by atoms with Crippen LogP contribution in [0.4, 0.5) is 5.69 Å². The number of rotatable bonds is 6. The molecular weight excluding hydrogens is 474 g/mol. The number of fused-ring (bicyclic) bond motifs is 3. The number of amides is 2. The van der Waals surface area contributed by atoms with Crippen molar-refractivity contribution in [2.24, 2.45) is 7.05 Å². The smallest absolute Gasteiger partial charge is 0.248 e. The van der Waals surface area contributed by atoms with E-state index in [2.05, 4.69) is 9.88 Å². The summed E-state index contributed by atoms with van der Waals surface area (Å²) in [5, 5.41) is 4.94. The molecule has 0 saturated carbocycles. The molecule has 1 aromatic heterocycles. The van der Waals surface area contributed by atoms with E-state index in [1.54, 1.807) is 31.3 Å². The molecule has 1 N–H and O–H groups in total. The number of para-hydroxylation sites is 2. The quantitative estimate of drug-likeness (QED) is 0.415. The fourth-order valence-corrected chi connectivity index (χ4v) is 5.79. The lowest BCUT2D eigenvalue weighted by Gasteiger charge is -2.30. The SMILES string of the molecule is COc1ccc(N2C(=O)CSc3c(c4ccccc4n3C)C2C(=O)NCc2ccccc2OC)cc1. The van der Waals surface area contributed by atoms with Gasteiger partial charge in [-0.3, -0.25) is 14.5 Å². The van der Waals surface area contributed by atoms with E-state index in [4.69, 9.17) is 9.47 Å². The Kier molecular flexibility index (Phi) is 6.61. The second-order valence-corrected chi connectivity index (χ2v) is 9.44. The number of thioether (sulfide) groups is 1. The van der Waals surface area contributed by atoms with Crippen molar-refractivity contribution in [1.82, 2.24) is 9.88 Å². The Morgan fingerprint density at radius 3 is 2.47 bits per heavy atom. The molecule has 0 radical (unpaired) electrons. The third kappa shape index (κ3) is 4.18. The third-order valence-corrected chi connectivity index (χ3v) is 7.63. The monoisotopic (exact) mass is 501 g/mol. The van der Waals surface area contributed by atoms with E-state index in [1.807, 2.05) is 67.7 Å². The Morgan fingerprint density at radius 2 is 1.72 bits per heavy atom. The van der Waals surface area contributed by atoms with E-state index in [1.165, 1.54) is 11.8 Å². The minimum Gasteiger partial charge on any atom is -0.497 e. The highest BCUT2D eigenvalue weighted by molar-refractivity contribution is 8.00. The standard InChI is InChI=1S/C28H27N3O4S/c1-30-22-10-6-5-9-21(22)25-26(27(33)29-16-18-8-4-7-11-23(18)35-3)31(24(32)17-36-28(25)30)19-12-14-20(34-2)15-13-19/h4-15,26H,16-17H2,1-3H3,(H,29,33). The molecule has 7 nitrogen and oxygen atoms in total. The highest BCUT2D eigenvalue weighted by Crippen LogP contribution is 2.43. The van der Waals surface area contributed by atoms with E-state index in [9.17, 15) is 9.59 Å². The number of hydrogen-bond acceptors (Lipinski definition) is 5. The molecule has 0 saturated heterocycles. The van der Waals surface area contributed by atoms with Crippen molar-refractivity contribution in [2.45, 2.75) is 17.6 Å². The Balaban J connectivity index is 1.62. The summed E-state index contributed by atoms with van der Waals surface area (Å²) in [5.41, 5.74) is 3.34. The number of aryl methyl sites for hydroxylation is 1. The van der Waals surface area contributed by atoms with Gasteiger partial charge in [-0.1, -0.05) is 48.2 Å². The van der Waals surface area contributed by atoms with Gasteiger partial charge in [0.05, 0.1) is 25.0 Å². The average molecular weight is 502 g/mol. The number of methoxy groups -OCH3 is 2. The van der Waals surface area contributed by atoms with E-state index in [0.717, 1.165) is 27.1 Å². The van der Waals surface area contributed by atoms with E-state index in [-0.39, 0.29) is 24.1 Å². The highest BCUT2D eigenvalue weighted by atomic mass is 32.2. The molecule has 2 amide bonds. The number of nitrogens with one attached hydrogen (secondary N) is 1. The summed E-state index contributed by atoms with van der Waals surface area (Å²) in [6.45, 7) is 0.275. The molecule has 3 aromatic carbocycles. The summed E-state index contributed by atoms with van der Waals surface area (Å²) >= 11 is 1.46. The molecule has 2 heterocycles. The third-order valence-electron chi connectivity index (χ3n) is 6.47. The van der Waals surface area contributed by atoms with Gasteiger partial charge in [-0.05, 0) is 36.4 Å². The fourth-order valence-electron chi connectivity index (χ4n) is 4.72. The van der Waals surface area contributed by atoms with Crippen LogP contribution in [0, 0.1) is 0 Å². The van der Waals surface area contributed by atoms with Crippen molar-refractivity contribution < 1.29 is 19.1 Å². The summed E-state index contributed by atoms with van der Waals surface area (Å²) in [7, 11) is 5.18. The highest BCUT2D eigenvalue weighted by Gasteiger charge is 2.39. The van der Waals surface area contributed by atoms with Gasteiger partial charge in [0.2, 0.25) is 11.8 Å². The van der Waals surface area contributed by atoms with Crippen LogP contribution in [0.1, 0.15) is 17.2 Å². The van der Waals surface area contributed by atoms with Crippen molar-refractivity contribution in [3.05, 3.63) is 83.9 Å². The van der Waals surface area contributed by atoms with Gasteiger partial charge in [0, 0.05) is 41.3 Å². The molecule has 36 heavy (non-hydrogen) atoms. The normalized spacial score (nSPS) is 15.4. The minimum atomic E-state index is -0.850. The zero-order valence-electron chi connectivity index (χ0n) is 20.4. The van der Waals surface area contributed by atoms with Crippen molar-refractivity contribution in [2.75, 3.05) is 24.9 Å². The van der Waals surface area contributed by atoms with Crippen molar-refractivity contribution in [3.63, 3.8) is 0 Å². The largest absolute Gasteiger partial charge is 0.497 e. The summed E-state index contributed by atoms with van der Waals surface area (Å²) < 4.78 is 12.8. The van der Waals surface area contributed by atoms with Gasteiger partial charge in [0.25, 0.3) is 0 Å². The topological polar surface area (TPSA) is 72.8 Å². The molecule has 0 aliphatic carbocycles. The number of nitrogens with zero attached hydrogens (tertiary/aromatic N) is 2. The molecular formula is C28H27N3O4S. The Labute approximate surface area is 214 Å². The average Bonchev–Trinajstić information content (AvgIpc) is 3.09. The first-order valence-corrected chi connectivity index (χ1v) is 12.6. The van der Waals surface area contributed by atoms with Gasteiger partial charge >= 0.3 is 0 Å². The lowest BCUT2D eigenvalue weighted by atomic mass is 10.0. The number of carbonyl (C=O) groups excluding carboxylic acids is 2. The predicted molar refractivity (Wildman–Crippen MR) is 142 cm³/mol. The number of ether oxygens (including phenoxy) is 2. The first-order chi connectivity index (χ1) is 17.5. The maximum absolute atomic E-state index is 14.0. The van der Waals surface area contributed by atoms with Crippen LogP contribution in [0.15, 0.2) is 77.8 Å². The molecule has 8 heteroatoms. The van der Waals surface area contributed by atoms with E-state index >= 15 is 0 Å².